The van der Waals surface area contributed by atoms with Crippen LogP contribution in [0.2, 0.25) is 0 Å². The molecule has 0 aliphatic carbocycles. The van der Waals surface area contributed by atoms with E-state index in [9.17, 15) is 9.59 Å². The molecule has 0 rings (SSSR count). The van der Waals surface area contributed by atoms with E-state index in [1.165, 1.54) is 0 Å². The van der Waals surface area contributed by atoms with Crippen molar-refractivity contribution in [2.45, 2.75) is 6.92 Å². The monoisotopic (exact) mass is 382 g/mol. The van der Waals surface area contributed by atoms with Crippen LogP contribution in [0.15, 0.2) is 24.8 Å². The predicted molar refractivity (Wildman–Crippen MR) is 77.0 cm³/mol. The number of carbonyl (C=O) groups is 2. The van der Waals surface area contributed by atoms with Gasteiger partial charge in [-0.15, -0.1) is 0 Å². The summed E-state index contributed by atoms with van der Waals surface area (Å²) < 4.78 is 10.1. The standard InChI is InChI=1S/C12H16Br2O4/c1-4-10(15)17-7-12(5-13,6-14)8-18-11(16)9(2)3/h4H,1-2,5-8H2,3H3. The Labute approximate surface area is 124 Å². The molecule has 0 radical (unpaired) electrons. The summed E-state index contributed by atoms with van der Waals surface area (Å²) in [6.07, 6.45) is 1.09. The zero-order valence-electron chi connectivity index (χ0n) is 10.2. The smallest absolute Gasteiger partial charge is 0.333 e. The molecule has 18 heavy (non-hydrogen) atoms. The maximum atomic E-state index is 11.3. The van der Waals surface area contributed by atoms with E-state index in [0.717, 1.165) is 6.08 Å². The van der Waals surface area contributed by atoms with E-state index >= 15 is 0 Å². The van der Waals surface area contributed by atoms with Crippen molar-refractivity contribution in [3.8, 4) is 0 Å². The number of halogens is 2. The summed E-state index contributed by atoms with van der Waals surface area (Å²) >= 11 is 6.66. The number of alkyl halides is 2. The highest BCUT2D eigenvalue weighted by Gasteiger charge is 2.31. The van der Waals surface area contributed by atoms with Gasteiger partial charge in [0.05, 0.1) is 5.41 Å². The zero-order valence-corrected chi connectivity index (χ0v) is 13.4. The van der Waals surface area contributed by atoms with Crippen LogP contribution >= 0.6 is 31.9 Å². The van der Waals surface area contributed by atoms with Gasteiger partial charge in [-0.25, -0.2) is 9.59 Å². The summed E-state index contributed by atoms with van der Waals surface area (Å²) in [6.45, 7) is 8.63. The van der Waals surface area contributed by atoms with Crippen LogP contribution in [0, 0.1) is 5.41 Å². The summed E-state index contributed by atoms with van der Waals surface area (Å²) in [4.78, 5) is 22.4. The van der Waals surface area contributed by atoms with Gasteiger partial charge >= 0.3 is 11.9 Å². The number of esters is 2. The van der Waals surface area contributed by atoms with Gasteiger partial charge in [-0.2, -0.15) is 0 Å². The lowest BCUT2D eigenvalue weighted by Crippen LogP contribution is -2.37. The highest BCUT2D eigenvalue weighted by Crippen LogP contribution is 2.25. The molecule has 4 nitrogen and oxygen atoms in total. The minimum Gasteiger partial charge on any atom is -0.462 e. The quantitative estimate of drug-likeness (QED) is 0.367. The maximum absolute atomic E-state index is 11.3. The summed E-state index contributed by atoms with van der Waals surface area (Å²) in [5, 5.41) is 1.03. The Morgan fingerprint density at radius 2 is 1.72 bits per heavy atom. The summed E-state index contributed by atoms with van der Waals surface area (Å²) in [5.74, 6) is -0.969. The van der Waals surface area contributed by atoms with Crippen LogP contribution in [0.1, 0.15) is 6.92 Å². The van der Waals surface area contributed by atoms with Crippen LogP contribution in [-0.4, -0.2) is 35.8 Å². The van der Waals surface area contributed by atoms with Crippen molar-refractivity contribution in [1.29, 1.82) is 0 Å². The van der Waals surface area contributed by atoms with Crippen molar-refractivity contribution in [2.24, 2.45) is 5.41 Å². The normalized spacial score (nSPS) is 10.6. The molecule has 0 aromatic rings. The molecule has 0 atom stereocenters. The zero-order chi connectivity index (χ0) is 14.2. The first-order valence-electron chi connectivity index (χ1n) is 5.14. The van der Waals surface area contributed by atoms with Gasteiger partial charge in [0.2, 0.25) is 0 Å². The molecule has 0 unspecified atom stereocenters. The average Bonchev–Trinajstić information content (AvgIpc) is 2.38. The van der Waals surface area contributed by atoms with Crippen molar-refractivity contribution in [3.63, 3.8) is 0 Å². The molecule has 102 valence electrons. The van der Waals surface area contributed by atoms with E-state index in [0.29, 0.717) is 16.2 Å². The van der Waals surface area contributed by atoms with Crippen LogP contribution in [0.3, 0.4) is 0 Å². The van der Waals surface area contributed by atoms with Crippen LogP contribution < -0.4 is 0 Å². The maximum Gasteiger partial charge on any atom is 0.333 e. The van der Waals surface area contributed by atoms with Crippen molar-refractivity contribution in [1.82, 2.24) is 0 Å². The molecule has 0 amide bonds. The number of hydrogen-bond donors (Lipinski definition) is 0. The molecule has 0 aromatic heterocycles. The van der Waals surface area contributed by atoms with Crippen molar-refractivity contribution in [3.05, 3.63) is 24.8 Å². The molecule has 0 saturated carbocycles. The van der Waals surface area contributed by atoms with E-state index in [2.05, 4.69) is 45.0 Å². The molecular weight excluding hydrogens is 368 g/mol. The molecule has 0 aromatic carbocycles. The third-order valence-corrected chi connectivity index (χ3v) is 4.49. The third-order valence-electron chi connectivity index (χ3n) is 2.11. The van der Waals surface area contributed by atoms with Gasteiger partial charge in [0, 0.05) is 22.3 Å². The van der Waals surface area contributed by atoms with E-state index in [1.54, 1.807) is 6.92 Å². The van der Waals surface area contributed by atoms with Crippen LogP contribution in [0.4, 0.5) is 0 Å². The first-order chi connectivity index (χ1) is 8.40. The minimum atomic E-state index is -0.510. The number of carbonyl (C=O) groups excluding carboxylic acids is 2. The number of rotatable bonds is 8. The molecular formula is C12H16Br2O4. The lowest BCUT2D eigenvalue weighted by Gasteiger charge is -2.28. The van der Waals surface area contributed by atoms with Crippen molar-refractivity contribution < 1.29 is 19.1 Å². The Hall–Kier alpha value is -0.620. The highest BCUT2D eigenvalue weighted by molar-refractivity contribution is 9.09. The SMILES string of the molecule is C=CC(=O)OCC(CBr)(CBr)COC(=O)C(=C)C. The number of hydrogen-bond acceptors (Lipinski definition) is 4. The van der Waals surface area contributed by atoms with Gasteiger partial charge in [-0.1, -0.05) is 45.0 Å². The van der Waals surface area contributed by atoms with Gasteiger partial charge in [-0.05, 0) is 6.92 Å². The molecule has 0 saturated heterocycles. The second kappa shape index (κ2) is 8.48. The fourth-order valence-electron chi connectivity index (χ4n) is 0.857. The van der Waals surface area contributed by atoms with Crippen molar-refractivity contribution in [2.75, 3.05) is 23.9 Å². The minimum absolute atomic E-state index is 0.123. The van der Waals surface area contributed by atoms with Gasteiger partial charge in [-0.3, -0.25) is 0 Å². The van der Waals surface area contributed by atoms with Crippen LogP contribution in [-0.2, 0) is 19.1 Å². The summed E-state index contributed by atoms with van der Waals surface area (Å²) in [6, 6.07) is 0. The van der Waals surface area contributed by atoms with Crippen LogP contribution in [0.25, 0.3) is 0 Å². The van der Waals surface area contributed by atoms with Gasteiger partial charge in [0.25, 0.3) is 0 Å². The molecule has 0 spiro atoms. The first kappa shape index (κ1) is 17.4. The Morgan fingerprint density at radius 1 is 1.22 bits per heavy atom. The predicted octanol–water partition coefficient (Wildman–Crippen LogP) is 2.61. The summed E-state index contributed by atoms with van der Waals surface area (Å²) in [5.41, 5.74) is -0.180. The number of ether oxygens (including phenoxy) is 2. The third kappa shape index (κ3) is 5.82. The summed E-state index contributed by atoms with van der Waals surface area (Å²) in [7, 11) is 0. The van der Waals surface area contributed by atoms with Gasteiger partial charge in [0.15, 0.2) is 0 Å². The molecule has 6 heteroatoms. The second-order valence-corrected chi connectivity index (χ2v) is 5.06. The Kier molecular flexibility index (Phi) is 8.18. The molecule has 0 aliphatic heterocycles. The van der Waals surface area contributed by atoms with E-state index in [1.807, 2.05) is 0 Å². The van der Waals surface area contributed by atoms with Gasteiger partial charge < -0.3 is 9.47 Å². The van der Waals surface area contributed by atoms with E-state index < -0.39 is 17.4 Å². The van der Waals surface area contributed by atoms with Gasteiger partial charge in [0.1, 0.15) is 13.2 Å². The molecule has 0 heterocycles. The fraction of sp³-hybridized carbons (Fsp3) is 0.500. The lowest BCUT2D eigenvalue weighted by atomic mass is 9.96. The fourth-order valence-corrected chi connectivity index (χ4v) is 2.43. The Balaban J connectivity index is 4.51. The molecule has 0 aliphatic rings. The topological polar surface area (TPSA) is 52.6 Å². The molecule has 0 bridgehead atoms. The lowest BCUT2D eigenvalue weighted by molar-refractivity contribution is -0.146. The van der Waals surface area contributed by atoms with Crippen molar-refractivity contribution >= 4 is 43.8 Å². The molecule has 0 fully saturated rings. The second-order valence-electron chi connectivity index (χ2n) is 3.94. The Morgan fingerprint density at radius 3 is 2.11 bits per heavy atom. The van der Waals surface area contributed by atoms with E-state index in [-0.39, 0.29) is 13.2 Å². The molecule has 0 N–H and O–H groups in total. The Bertz CT molecular complexity index is 335. The first-order valence-corrected chi connectivity index (χ1v) is 7.39. The van der Waals surface area contributed by atoms with Crippen LogP contribution in [0.5, 0.6) is 0 Å². The largest absolute Gasteiger partial charge is 0.462 e. The van der Waals surface area contributed by atoms with E-state index in [4.69, 9.17) is 9.47 Å². The average molecular weight is 384 g/mol. The highest BCUT2D eigenvalue weighted by atomic mass is 79.9.